The van der Waals surface area contributed by atoms with Gasteiger partial charge in [-0.25, -0.2) is 22.5 Å². The second kappa shape index (κ2) is 10.4. The van der Waals surface area contributed by atoms with Crippen molar-refractivity contribution in [2.45, 2.75) is 63.4 Å². The van der Waals surface area contributed by atoms with Crippen molar-refractivity contribution < 1.29 is 22.3 Å². The summed E-state index contributed by atoms with van der Waals surface area (Å²) in [7, 11) is -3.71. The van der Waals surface area contributed by atoms with Crippen molar-refractivity contribution in [3.63, 3.8) is 0 Å². The van der Waals surface area contributed by atoms with Gasteiger partial charge in [0.05, 0.1) is 18.8 Å². The summed E-state index contributed by atoms with van der Waals surface area (Å²) in [5, 5.41) is 2.98. The zero-order chi connectivity index (χ0) is 23.3. The van der Waals surface area contributed by atoms with Crippen LogP contribution in [-0.4, -0.2) is 32.0 Å². The van der Waals surface area contributed by atoms with E-state index in [1.807, 2.05) is 13.8 Å². The van der Waals surface area contributed by atoms with E-state index >= 15 is 0 Å². The first-order chi connectivity index (χ1) is 15.2. The second-order valence-electron chi connectivity index (χ2n) is 8.18. The predicted octanol–water partition coefficient (Wildman–Crippen LogP) is 3.64. The maximum atomic E-state index is 13.1. The van der Waals surface area contributed by atoms with Gasteiger partial charge in [0, 0.05) is 17.5 Å². The lowest BCUT2D eigenvalue weighted by Crippen LogP contribution is -2.41. The summed E-state index contributed by atoms with van der Waals surface area (Å²) in [4.78, 5) is 16.8. The predicted molar refractivity (Wildman–Crippen MR) is 119 cm³/mol. The lowest BCUT2D eigenvalue weighted by Gasteiger charge is -2.29. The van der Waals surface area contributed by atoms with E-state index in [-0.39, 0.29) is 34.6 Å². The third-order valence-electron chi connectivity index (χ3n) is 5.75. The summed E-state index contributed by atoms with van der Waals surface area (Å²) in [5.74, 6) is -0.125. The van der Waals surface area contributed by atoms with Gasteiger partial charge in [-0.05, 0) is 70.2 Å². The third-order valence-corrected chi connectivity index (χ3v) is 7.23. The molecule has 1 aromatic heterocycles. The normalized spacial score (nSPS) is 19.9. The van der Waals surface area contributed by atoms with E-state index in [1.54, 1.807) is 25.1 Å². The number of nitrogens with zero attached hydrogens (tertiary/aromatic N) is 1. The van der Waals surface area contributed by atoms with Gasteiger partial charge in [0.2, 0.25) is 21.8 Å². The fourth-order valence-corrected chi connectivity index (χ4v) is 5.23. The number of aryl methyl sites for hydroxylation is 1. The van der Waals surface area contributed by atoms with Gasteiger partial charge < -0.3 is 10.1 Å². The Hall–Kier alpha value is -2.52. The van der Waals surface area contributed by atoms with Crippen molar-refractivity contribution in [2.24, 2.45) is 5.92 Å². The molecule has 3 rings (SSSR count). The molecule has 9 heteroatoms. The van der Waals surface area contributed by atoms with E-state index in [4.69, 9.17) is 4.74 Å². The van der Waals surface area contributed by atoms with Gasteiger partial charge in [-0.3, -0.25) is 4.79 Å². The standard InChI is InChI=1S/C23H30FN3O4S/c1-4-31-23-15(2)13-21(14-25-23)32(29,30)27-20-11-7-18(8-12-20)22(28)26-16(3)17-5-9-19(24)10-6-17/h5-6,9-10,13-14,16,18,20,27H,4,7-8,11-12H2,1-3H3,(H,26,28)/t16-,18?,20?/m1/s1. The maximum Gasteiger partial charge on any atom is 0.242 e. The number of hydrogen-bond donors (Lipinski definition) is 2. The molecule has 0 spiro atoms. The van der Waals surface area contributed by atoms with Gasteiger partial charge in [0.15, 0.2) is 0 Å². The number of benzene rings is 1. The maximum absolute atomic E-state index is 13.1. The monoisotopic (exact) mass is 463 g/mol. The number of carbonyl (C=O) groups excluding carboxylic acids is 1. The Bertz CT molecular complexity index is 1040. The molecule has 1 atom stereocenters. The van der Waals surface area contributed by atoms with E-state index in [0.29, 0.717) is 43.7 Å². The van der Waals surface area contributed by atoms with Crippen LogP contribution in [0.15, 0.2) is 41.4 Å². The number of aromatic nitrogens is 1. The highest BCUT2D eigenvalue weighted by molar-refractivity contribution is 7.89. The number of rotatable bonds is 8. The van der Waals surface area contributed by atoms with Crippen molar-refractivity contribution in [2.75, 3.05) is 6.61 Å². The van der Waals surface area contributed by atoms with Crippen molar-refractivity contribution in [1.29, 1.82) is 0 Å². The largest absolute Gasteiger partial charge is 0.478 e. The number of hydrogen-bond acceptors (Lipinski definition) is 5. The molecule has 2 aromatic rings. The molecular formula is C23H30FN3O4S. The zero-order valence-electron chi connectivity index (χ0n) is 18.6. The molecule has 1 amide bonds. The summed E-state index contributed by atoms with van der Waals surface area (Å²) < 4.78 is 46.7. The molecule has 32 heavy (non-hydrogen) atoms. The fourth-order valence-electron chi connectivity index (χ4n) is 3.90. The minimum Gasteiger partial charge on any atom is -0.478 e. The molecule has 174 valence electrons. The van der Waals surface area contributed by atoms with Gasteiger partial charge in [-0.1, -0.05) is 12.1 Å². The minimum absolute atomic E-state index is 0.0607. The first kappa shape index (κ1) is 24.1. The lowest BCUT2D eigenvalue weighted by molar-refractivity contribution is -0.126. The Labute approximate surface area is 188 Å². The molecule has 1 aliphatic rings. The number of pyridine rings is 1. The molecule has 0 aliphatic heterocycles. The molecule has 1 fully saturated rings. The van der Waals surface area contributed by atoms with Gasteiger partial charge in [0.25, 0.3) is 0 Å². The van der Waals surface area contributed by atoms with Crippen LogP contribution >= 0.6 is 0 Å². The molecule has 7 nitrogen and oxygen atoms in total. The Morgan fingerprint density at radius 1 is 1.22 bits per heavy atom. The highest BCUT2D eigenvalue weighted by Gasteiger charge is 2.30. The van der Waals surface area contributed by atoms with E-state index in [1.165, 1.54) is 18.3 Å². The molecule has 1 saturated carbocycles. The molecule has 1 aromatic carbocycles. The smallest absolute Gasteiger partial charge is 0.242 e. The summed E-state index contributed by atoms with van der Waals surface area (Å²) >= 11 is 0. The SMILES string of the molecule is CCOc1ncc(S(=O)(=O)NC2CCC(C(=O)N[C@H](C)c3ccc(F)cc3)CC2)cc1C. The average molecular weight is 464 g/mol. The molecule has 0 bridgehead atoms. The Balaban J connectivity index is 1.53. The quantitative estimate of drug-likeness (QED) is 0.623. The third kappa shape index (κ3) is 6.04. The molecule has 0 unspecified atom stereocenters. The summed E-state index contributed by atoms with van der Waals surface area (Å²) in [5.41, 5.74) is 1.49. The molecule has 1 aliphatic carbocycles. The Morgan fingerprint density at radius 2 is 1.88 bits per heavy atom. The Kier molecular flexibility index (Phi) is 7.84. The van der Waals surface area contributed by atoms with Crippen LogP contribution in [0.2, 0.25) is 0 Å². The van der Waals surface area contributed by atoms with Gasteiger partial charge in [-0.15, -0.1) is 0 Å². The first-order valence-electron chi connectivity index (χ1n) is 10.9. The molecule has 0 saturated heterocycles. The highest BCUT2D eigenvalue weighted by Crippen LogP contribution is 2.27. The summed E-state index contributed by atoms with van der Waals surface area (Å²) in [6, 6.07) is 7.15. The molecule has 0 radical (unpaired) electrons. The lowest BCUT2D eigenvalue weighted by atomic mass is 9.85. The van der Waals surface area contributed by atoms with Gasteiger partial charge in [0.1, 0.15) is 10.7 Å². The number of carbonyl (C=O) groups is 1. The van der Waals surface area contributed by atoms with Crippen molar-refractivity contribution in [3.05, 3.63) is 53.5 Å². The van der Waals surface area contributed by atoms with E-state index in [9.17, 15) is 17.6 Å². The first-order valence-corrected chi connectivity index (χ1v) is 12.4. The highest BCUT2D eigenvalue weighted by atomic mass is 32.2. The van der Waals surface area contributed by atoms with Crippen molar-refractivity contribution >= 4 is 15.9 Å². The van der Waals surface area contributed by atoms with Gasteiger partial charge >= 0.3 is 0 Å². The summed E-state index contributed by atoms with van der Waals surface area (Å²) in [6.07, 6.45) is 3.64. The summed E-state index contributed by atoms with van der Waals surface area (Å²) in [6.45, 7) is 5.91. The van der Waals surface area contributed by atoms with Crippen LogP contribution in [0, 0.1) is 18.7 Å². The minimum atomic E-state index is -3.71. The van der Waals surface area contributed by atoms with E-state index < -0.39 is 10.0 Å². The van der Waals surface area contributed by atoms with Crippen LogP contribution in [0.4, 0.5) is 4.39 Å². The van der Waals surface area contributed by atoms with Gasteiger partial charge in [-0.2, -0.15) is 0 Å². The second-order valence-corrected chi connectivity index (χ2v) is 9.89. The number of halogens is 1. The molecule has 1 heterocycles. The fraction of sp³-hybridized carbons (Fsp3) is 0.478. The van der Waals surface area contributed by atoms with Crippen LogP contribution in [-0.2, 0) is 14.8 Å². The van der Waals surface area contributed by atoms with Crippen LogP contribution in [0.5, 0.6) is 5.88 Å². The van der Waals surface area contributed by atoms with Crippen LogP contribution in [0.1, 0.15) is 56.7 Å². The average Bonchev–Trinajstić information content (AvgIpc) is 2.76. The van der Waals surface area contributed by atoms with Crippen LogP contribution in [0.25, 0.3) is 0 Å². The zero-order valence-corrected chi connectivity index (χ0v) is 19.4. The van der Waals surface area contributed by atoms with Crippen molar-refractivity contribution in [1.82, 2.24) is 15.0 Å². The topological polar surface area (TPSA) is 97.4 Å². The Morgan fingerprint density at radius 3 is 2.47 bits per heavy atom. The van der Waals surface area contributed by atoms with Crippen LogP contribution < -0.4 is 14.8 Å². The van der Waals surface area contributed by atoms with Crippen molar-refractivity contribution in [3.8, 4) is 5.88 Å². The van der Waals surface area contributed by atoms with E-state index in [2.05, 4.69) is 15.0 Å². The number of amides is 1. The molecule has 2 N–H and O–H groups in total. The number of sulfonamides is 1. The van der Waals surface area contributed by atoms with Crippen LogP contribution in [0.3, 0.4) is 0 Å². The number of ether oxygens (including phenoxy) is 1. The number of nitrogens with one attached hydrogen (secondary N) is 2. The molecular weight excluding hydrogens is 433 g/mol. The van der Waals surface area contributed by atoms with E-state index in [0.717, 1.165) is 5.56 Å².